The van der Waals surface area contributed by atoms with Crippen LogP contribution in [0.15, 0.2) is 4.99 Å². The van der Waals surface area contributed by atoms with Crippen LogP contribution in [0.1, 0.15) is 13.8 Å². The minimum absolute atomic E-state index is 0.409. The third-order valence-electron chi connectivity index (χ3n) is 1.43. The maximum atomic E-state index is 5.17. The summed E-state index contributed by atoms with van der Waals surface area (Å²) < 4.78 is 5.17. The van der Waals surface area contributed by atoms with Crippen LogP contribution in [0.2, 0.25) is 0 Å². The monoisotopic (exact) mass is 177 g/mol. The molecule has 0 saturated heterocycles. The first-order valence-electron chi connectivity index (χ1n) is 3.19. The number of thioether (sulfide) groups is 1. The molecule has 1 aliphatic heterocycles. The van der Waals surface area contributed by atoms with Crippen LogP contribution in [-0.2, 0) is 4.18 Å². The lowest BCUT2D eigenvalue weighted by molar-refractivity contribution is 0.652. The molecule has 0 saturated carbocycles. The Balaban J connectivity index is 2.42. The Morgan fingerprint density at radius 3 is 2.70 bits per heavy atom. The smallest absolute Gasteiger partial charge is 0.259 e. The van der Waals surface area contributed by atoms with Crippen LogP contribution in [0.3, 0.4) is 0 Å². The fraction of sp³-hybridized carbons (Fsp3) is 0.833. The molecule has 0 aromatic heterocycles. The van der Waals surface area contributed by atoms with Gasteiger partial charge in [0.05, 0.1) is 18.1 Å². The molecule has 0 fully saturated rings. The van der Waals surface area contributed by atoms with Gasteiger partial charge in [0, 0.05) is 11.5 Å². The van der Waals surface area contributed by atoms with Gasteiger partial charge in [-0.15, -0.1) is 0 Å². The Hall–Kier alpha value is 0.170. The molecule has 0 radical (unpaired) electrons. The van der Waals surface area contributed by atoms with E-state index in [0.717, 1.165) is 5.23 Å². The van der Waals surface area contributed by atoms with E-state index in [2.05, 4.69) is 18.8 Å². The summed E-state index contributed by atoms with van der Waals surface area (Å²) in [5, 5.41) is 1.40. The van der Waals surface area contributed by atoms with Crippen molar-refractivity contribution in [2.45, 2.75) is 25.1 Å². The van der Waals surface area contributed by atoms with Gasteiger partial charge in [-0.3, -0.25) is 0 Å². The Kier molecular flexibility index (Phi) is 2.92. The largest absolute Gasteiger partial charge is 0.400 e. The van der Waals surface area contributed by atoms with Crippen molar-refractivity contribution >= 4 is 29.0 Å². The van der Waals surface area contributed by atoms with E-state index < -0.39 is 0 Å². The van der Waals surface area contributed by atoms with Crippen molar-refractivity contribution in [2.24, 2.45) is 4.99 Å². The zero-order valence-corrected chi connectivity index (χ0v) is 7.96. The van der Waals surface area contributed by atoms with E-state index >= 15 is 0 Å². The number of hydrogen-bond donors (Lipinski definition) is 0. The molecule has 0 amide bonds. The molecule has 2 atom stereocenters. The van der Waals surface area contributed by atoms with Gasteiger partial charge in [0.2, 0.25) is 0 Å². The van der Waals surface area contributed by atoms with E-state index in [0.29, 0.717) is 11.3 Å². The zero-order chi connectivity index (χ0) is 7.56. The lowest BCUT2D eigenvalue weighted by Gasteiger charge is -2.02. The molecule has 1 heterocycles. The van der Waals surface area contributed by atoms with Crippen molar-refractivity contribution in [3.8, 4) is 0 Å². The third-order valence-corrected chi connectivity index (χ3v) is 3.02. The molecule has 2 nitrogen and oxygen atoms in total. The molecule has 4 heteroatoms. The highest BCUT2D eigenvalue weighted by Crippen LogP contribution is 2.28. The summed E-state index contributed by atoms with van der Waals surface area (Å²) in [6.45, 7) is 4.27. The number of aliphatic imine (C=N–C) groups is 1. The summed E-state index contributed by atoms with van der Waals surface area (Å²) >= 11 is 3.06. The maximum Gasteiger partial charge on any atom is 0.259 e. The van der Waals surface area contributed by atoms with E-state index in [4.69, 9.17) is 4.18 Å². The van der Waals surface area contributed by atoms with Gasteiger partial charge in [0.15, 0.2) is 0 Å². The maximum absolute atomic E-state index is 5.17. The minimum Gasteiger partial charge on any atom is -0.400 e. The fourth-order valence-corrected chi connectivity index (χ4v) is 2.02. The standard InChI is InChI=1S/C6H11NOS2/c1-4-5(2)10-6(7-4)8-9-3/h4-5H,1-3H3. The highest BCUT2D eigenvalue weighted by atomic mass is 32.2. The fourth-order valence-electron chi connectivity index (χ4n) is 0.672. The van der Waals surface area contributed by atoms with E-state index in [1.54, 1.807) is 11.8 Å². The van der Waals surface area contributed by atoms with E-state index in [1.165, 1.54) is 12.0 Å². The Morgan fingerprint density at radius 2 is 2.30 bits per heavy atom. The number of nitrogens with zero attached hydrogens (tertiary/aromatic N) is 1. The highest BCUT2D eigenvalue weighted by molar-refractivity contribution is 8.15. The lowest BCUT2D eigenvalue weighted by atomic mass is 10.3. The second-order valence-corrected chi connectivity index (χ2v) is 4.04. The Morgan fingerprint density at radius 1 is 1.60 bits per heavy atom. The Bertz CT molecular complexity index is 149. The molecular weight excluding hydrogens is 166 g/mol. The molecule has 1 rings (SSSR count). The van der Waals surface area contributed by atoms with Crippen LogP contribution in [0.5, 0.6) is 0 Å². The van der Waals surface area contributed by atoms with Gasteiger partial charge in [-0.05, 0) is 6.92 Å². The number of hydrogen-bond acceptors (Lipinski definition) is 4. The van der Waals surface area contributed by atoms with Crippen molar-refractivity contribution in [3.05, 3.63) is 0 Å². The predicted octanol–water partition coefficient (Wildman–Crippen LogP) is 2.16. The molecule has 10 heavy (non-hydrogen) atoms. The second-order valence-electron chi connectivity index (χ2n) is 2.21. The van der Waals surface area contributed by atoms with Gasteiger partial charge >= 0.3 is 0 Å². The Labute approximate surface area is 70.0 Å². The average molecular weight is 177 g/mol. The van der Waals surface area contributed by atoms with Crippen molar-refractivity contribution in [3.63, 3.8) is 0 Å². The normalized spacial score (nSPS) is 32.1. The van der Waals surface area contributed by atoms with Crippen LogP contribution in [0.25, 0.3) is 0 Å². The van der Waals surface area contributed by atoms with Crippen LogP contribution in [0, 0.1) is 0 Å². The molecule has 0 aromatic carbocycles. The zero-order valence-electron chi connectivity index (χ0n) is 6.33. The van der Waals surface area contributed by atoms with Gasteiger partial charge < -0.3 is 4.18 Å². The second kappa shape index (κ2) is 3.53. The molecule has 0 aromatic rings. The molecule has 1 aliphatic rings. The highest BCUT2D eigenvalue weighted by Gasteiger charge is 2.23. The van der Waals surface area contributed by atoms with Crippen molar-refractivity contribution < 1.29 is 4.18 Å². The first-order valence-corrected chi connectivity index (χ1v) is 5.22. The molecule has 0 N–H and O–H groups in total. The van der Waals surface area contributed by atoms with Gasteiger partial charge in [0.25, 0.3) is 5.23 Å². The summed E-state index contributed by atoms with van der Waals surface area (Å²) in [4.78, 5) is 4.30. The van der Waals surface area contributed by atoms with Gasteiger partial charge in [0.1, 0.15) is 0 Å². The molecular formula is C6H11NOS2. The number of rotatable bonds is 1. The quantitative estimate of drug-likeness (QED) is 0.573. The van der Waals surface area contributed by atoms with Crippen LogP contribution < -0.4 is 0 Å². The van der Waals surface area contributed by atoms with Gasteiger partial charge in [-0.25, -0.2) is 4.99 Å². The van der Waals surface area contributed by atoms with Crippen LogP contribution in [0.4, 0.5) is 0 Å². The molecule has 0 spiro atoms. The predicted molar refractivity (Wildman–Crippen MR) is 48.6 cm³/mol. The summed E-state index contributed by atoms with van der Waals surface area (Å²) in [5.41, 5.74) is 0. The van der Waals surface area contributed by atoms with E-state index in [-0.39, 0.29) is 0 Å². The topological polar surface area (TPSA) is 21.6 Å². The average Bonchev–Trinajstić information content (AvgIpc) is 2.14. The molecule has 2 unspecified atom stereocenters. The third kappa shape index (κ3) is 1.83. The molecule has 0 bridgehead atoms. The van der Waals surface area contributed by atoms with Crippen LogP contribution in [-0.4, -0.2) is 22.8 Å². The summed E-state index contributed by atoms with van der Waals surface area (Å²) in [7, 11) is 0. The lowest BCUT2D eigenvalue weighted by Crippen LogP contribution is -2.07. The van der Waals surface area contributed by atoms with Gasteiger partial charge in [-0.2, -0.15) is 0 Å². The van der Waals surface area contributed by atoms with Crippen molar-refractivity contribution in [1.82, 2.24) is 0 Å². The van der Waals surface area contributed by atoms with E-state index in [1.807, 2.05) is 6.26 Å². The first kappa shape index (κ1) is 8.27. The van der Waals surface area contributed by atoms with Crippen molar-refractivity contribution in [2.75, 3.05) is 6.26 Å². The minimum atomic E-state index is 0.409. The SMILES string of the molecule is CSOC1=NC(C)C(C)S1. The molecule has 58 valence electrons. The van der Waals surface area contributed by atoms with E-state index in [9.17, 15) is 0 Å². The summed E-state index contributed by atoms with van der Waals surface area (Å²) in [6, 6.07) is 0.409. The summed E-state index contributed by atoms with van der Waals surface area (Å²) in [5.74, 6) is 0. The van der Waals surface area contributed by atoms with Gasteiger partial charge in [-0.1, -0.05) is 18.7 Å². The van der Waals surface area contributed by atoms with Crippen LogP contribution >= 0.6 is 23.8 Å². The molecule has 0 aliphatic carbocycles. The van der Waals surface area contributed by atoms with Crippen molar-refractivity contribution in [1.29, 1.82) is 0 Å². The summed E-state index contributed by atoms with van der Waals surface area (Å²) in [6.07, 6.45) is 1.90. The first-order chi connectivity index (χ1) is 4.74.